The third kappa shape index (κ3) is 1.56. The summed E-state index contributed by atoms with van der Waals surface area (Å²) in [4.78, 5) is 14.6. The number of hydrogen-bond donors (Lipinski definition) is 1. The Labute approximate surface area is 84.8 Å². The molecule has 14 heavy (non-hydrogen) atoms. The zero-order valence-corrected chi connectivity index (χ0v) is 7.90. The summed E-state index contributed by atoms with van der Waals surface area (Å²) < 4.78 is 1.71. The molecule has 2 aromatic heterocycles. The number of fused-ring (bicyclic) bond motifs is 1. The summed E-state index contributed by atoms with van der Waals surface area (Å²) in [5.41, 5.74) is 1.26. The van der Waals surface area contributed by atoms with Crippen LogP contribution in [0.25, 0.3) is 5.65 Å². The number of carbonyl (C=O) groups is 1. The third-order valence-corrected chi connectivity index (χ3v) is 2.08. The topological polar surface area (TPSA) is 54.6 Å². The first kappa shape index (κ1) is 9.02. The quantitative estimate of drug-likeness (QED) is 0.820. The Morgan fingerprint density at radius 3 is 3.14 bits per heavy atom. The molecule has 2 heterocycles. The summed E-state index contributed by atoms with van der Waals surface area (Å²) >= 11 is 5.82. The molecule has 5 heteroatoms. The predicted molar refractivity (Wildman–Crippen MR) is 51.5 cm³/mol. The number of carboxylic acids is 1. The molecule has 2 rings (SSSR count). The van der Waals surface area contributed by atoms with Crippen molar-refractivity contribution < 1.29 is 9.90 Å². The number of carboxylic acid groups (broad SMARTS) is 1. The summed E-state index contributed by atoms with van der Waals surface area (Å²) in [6, 6.07) is 1.62. The molecule has 2 aromatic rings. The fourth-order valence-corrected chi connectivity index (χ4v) is 1.60. The van der Waals surface area contributed by atoms with Gasteiger partial charge in [0.05, 0.1) is 11.4 Å². The molecule has 0 radical (unpaired) electrons. The van der Waals surface area contributed by atoms with E-state index in [0.29, 0.717) is 16.2 Å². The number of aromatic nitrogens is 2. The molecule has 0 aliphatic heterocycles. The van der Waals surface area contributed by atoms with Gasteiger partial charge in [0, 0.05) is 24.2 Å². The van der Waals surface area contributed by atoms with Crippen molar-refractivity contribution in [3.63, 3.8) is 0 Å². The minimum Gasteiger partial charge on any atom is -0.481 e. The standard InChI is InChI=1S/C9H7ClN2O2/c10-7-3-6(4-8(13)14)9-11-1-2-12(9)5-7/h1-3,5H,4H2,(H,13,14). The second-order valence-corrected chi connectivity index (χ2v) is 3.35. The zero-order valence-electron chi connectivity index (χ0n) is 7.14. The first-order valence-electron chi connectivity index (χ1n) is 3.99. The monoisotopic (exact) mass is 210 g/mol. The molecule has 0 aliphatic carbocycles. The van der Waals surface area contributed by atoms with Gasteiger partial charge in [-0.05, 0) is 6.07 Å². The molecule has 0 spiro atoms. The van der Waals surface area contributed by atoms with Gasteiger partial charge in [-0.2, -0.15) is 0 Å². The van der Waals surface area contributed by atoms with E-state index in [0.717, 1.165) is 0 Å². The maximum absolute atomic E-state index is 10.6. The van der Waals surface area contributed by atoms with Gasteiger partial charge in [0.15, 0.2) is 0 Å². The van der Waals surface area contributed by atoms with Crippen molar-refractivity contribution in [1.29, 1.82) is 0 Å². The van der Waals surface area contributed by atoms with Crippen molar-refractivity contribution in [2.45, 2.75) is 6.42 Å². The van der Waals surface area contributed by atoms with Crippen molar-refractivity contribution in [3.05, 3.63) is 35.2 Å². The molecule has 0 saturated heterocycles. The number of pyridine rings is 1. The van der Waals surface area contributed by atoms with Gasteiger partial charge in [-0.15, -0.1) is 0 Å². The maximum atomic E-state index is 10.6. The van der Waals surface area contributed by atoms with Gasteiger partial charge in [-0.3, -0.25) is 4.79 Å². The lowest BCUT2D eigenvalue weighted by molar-refractivity contribution is -0.136. The fraction of sp³-hybridized carbons (Fsp3) is 0.111. The van der Waals surface area contributed by atoms with Crippen molar-refractivity contribution in [2.24, 2.45) is 0 Å². The van der Waals surface area contributed by atoms with Gasteiger partial charge in [-0.1, -0.05) is 11.6 Å². The minimum atomic E-state index is -0.892. The highest BCUT2D eigenvalue weighted by Gasteiger charge is 2.08. The average Bonchev–Trinajstić information content (AvgIpc) is 2.50. The van der Waals surface area contributed by atoms with Crippen LogP contribution < -0.4 is 0 Å². The Morgan fingerprint density at radius 2 is 2.43 bits per heavy atom. The Bertz CT molecular complexity index is 493. The molecule has 0 unspecified atom stereocenters. The number of nitrogens with zero attached hydrogens (tertiary/aromatic N) is 2. The van der Waals surface area contributed by atoms with Crippen molar-refractivity contribution in [2.75, 3.05) is 0 Å². The molecular weight excluding hydrogens is 204 g/mol. The van der Waals surface area contributed by atoms with Crippen molar-refractivity contribution in [3.8, 4) is 0 Å². The highest BCUT2D eigenvalue weighted by Crippen LogP contribution is 2.16. The van der Waals surface area contributed by atoms with Crippen LogP contribution in [0.5, 0.6) is 0 Å². The summed E-state index contributed by atoms with van der Waals surface area (Å²) in [7, 11) is 0. The van der Waals surface area contributed by atoms with E-state index in [9.17, 15) is 4.79 Å². The SMILES string of the molecule is O=C(O)Cc1cc(Cl)cn2ccnc12. The van der Waals surface area contributed by atoms with Crippen LogP contribution in [0.2, 0.25) is 5.02 Å². The van der Waals surface area contributed by atoms with E-state index in [1.54, 1.807) is 29.1 Å². The molecule has 0 fully saturated rings. The molecule has 72 valence electrons. The van der Waals surface area contributed by atoms with Crippen LogP contribution >= 0.6 is 11.6 Å². The van der Waals surface area contributed by atoms with E-state index >= 15 is 0 Å². The molecule has 0 amide bonds. The second-order valence-electron chi connectivity index (χ2n) is 2.91. The molecule has 0 aliphatic rings. The summed E-state index contributed by atoms with van der Waals surface area (Å²) in [5, 5.41) is 9.18. The highest BCUT2D eigenvalue weighted by atomic mass is 35.5. The van der Waals surface area contributed by atoms with Crippen LogP contribution in [0.1, 0.15) is 5.56 Å². The van der Waals surface area contributed by atoms with Gasteiger partial charge in [-0.25, -0.2) is 4.98 Å². The molecule has 0 saturated carbocycles. The first-order valence-corrected chi connectivity index (χ1v) is 4.37. The number of aliphatic carboxylic acids is 1. The lowest BCUT2D eigenvalue weighted by Crippen LogP contribution is -2.02. The van der Waals surface area contributed by atoms with Crippen molar-refractivity contribution >= 4 is 23.2 Å². The largest absolute Gasteiger partial charge is 0.481 e. The molecule has 0 atom stereocenters. The number of rotatable bonds is 2. The van der Waals surface area contributed by atoms with Crippen LogP contribution in [0.4, 0.5) is 0 Å². The highest BCUT2D eigenvalue weighted by molar-refractivity contribution is 6.30. The summed E-state index contributed by atoms with van der Waals surface area (Å²) in [6.07, 6.45) is 4.96. The van der Waals surface area contributed by atoms with Crippen molar-refractivity contribution in [1.82, 2.24) is 9.38 Å². The van der Waals surface area contributed by atoms with E-state index in [1.807, 2.05) is 0 Å². The third-order valence-electron chi connectivity index (χ3n) is 1.87. The average molecular weight is 211 g/mol. The molecule has 4 nitrogen and oxygen atoms in total. The molecule has 0 aromatic carbocycles. The normalized spacial score (nSPS) is 10.6. The Balaban J connectivity index is 2.60. The van der Waals surface area contributed by atoms with Gasteiger partial charge in [0.25, 0.3) is 0 Å². The molecule has 0 bridgehead atoms. The van der Waals surface area contributed by atoms with E-state index in [4.69, 9.17) is 16.7 Å². The van der Waals surface area contributed by atoms with Gasteiger partial charge in [0.1, 0.15) is 5.65 Å². The smallest absolute Gasteiger partial charge is 0.307 e. The van der Waals surface area contributed by atoms with E-state index in [1.165, 1.54) is 0 Å². The number of halogens is 1. The van der Waals surface area contributed by atoms with E-state index in [2.05, 4.69) is 4.98 Å². The van der Waals surface area contributed by atoms with Crippen LogP contribution in [0, 0.1) is 0 Å². The lowest BCUT2D eigenvalue weighted by Gasteiger charge is -2.01. The van der Waals surface area contributed by atoms with E-state index in [-0.39, 0.29) is 6.42 Å². The van der Waals surface area contributed by atoms with Crippen LogP contribution in [-0.2, 0) is 11.2 Å². The Morgan fingerprint density at radius 1 is 1.64 bits per heavy atom. The molecular formula is C9H7ClN2O2. The second kappa shape index (κ2) is 3.31. The molecule has 1 N–H and O–H groups in total. The Kier molecular flexibility index (Phi) is 2.13. The summed E-state index contributed by atoms with van der Waals surface area (Å²) in [6.45, 7) is 0. The zero-order chi connectivity index (χ0) is 10.1. The van der Waals surface area contributed by atoms with Gasteiger partial charge < -0.3 is 9.51 Å². The predicted octanol–water partition coefficient (Wildman–Crippen LogP) is 1.61. The van der Waals surface area contributed by atoms with Gasteiger partial charge >= 0.3 is 5.97 Å². The maximum Gasteiger partial charge on any atom is 0.307 e. The number of hydrogen-bond acceptors (Lipinski definition) is 2. The Hall–Kier alpha value is -1.55. The number of imidazole rings is 1. The van der Waals surface area contributed by atoms with E-state index < -0.39 is 5.97 Å². The first-order chi connectivity index (χ1) is 6.66. The fourth-order valence-electron chi connectivity index (χ4n) is 1.36. The summed E-state index contributed by atoms with van der Waals surface area (Å²) in [5.74, 6) is -0.892. The van der Waals surface area contributed by atoms with Gasteiger partial charge in [0.2, 0.25) is 0 Å². The van der Waals surface area contributed by atoms with Crippen LogP contribution in [0.3, 0.4) is 0 Å². The minimum absolute atomic E-state index is 0.0684. The van der Waals surface area contributed by atoms with Crippen LogP contribution in [-0.4, -0.2) is 20.5 Å². The lowest BCUT2D eigenvalue weighted by atomic mass is 10.2. The van der Waals surface area contributed by atoms with Crippen LogP contribution in [0.15, 0.2) is 24.7 Å².